The molecule has 0 N–H and O–H groups in total. The minimum atomic E-state index is -4.52. The number of hydrogen-bond donors (Lipinski definition) is 0. The van der Waals surface area contributed by atoms with Gasteiger partial charge in [0.25, 0.3) is 20.0 Å². The van der Waals surface area contributed by atoms with Crippen LogP contribution in [-0.2, 0) is 20.0 Å². The molecule has 0 saturated heterocycles. The monoisotopic (exact) mass is 555 g/mol. The van der Waals surface area contributed by atoms with Crippen LogP contribution in [-0.4, -0.2) is 27.1 Å². The summed E-state index contributed by atoms with van der Waals surface area (Å²) >= 11 is 6.01. The van der Waals surface area contributed by atoms with Gasteiger partial charge in [-0.3, -0.25) is 0 Å². The summed E-state index contributed by atoms with van der Waals surface area (Å²) in [6.07, 6.45) is -0.481. The van der Waals surface area contributed by atoms with Crippen LogP contribution in [0.15, 0.2) is 131 Å². The molecule has 190 valence electrons. The van der Waals surface area contributed by atoms with Gasteiger partial charge < -0.3 is 0 Å². The summed E-state index contributed by atoms with van der Waals surface area (Å²) in [6.45, 7) is -0.635. The van der Waals surface area contributed by atoms with Crippen LogP contribution in [0.5, 0.6) is 0 Å². The van der Waals surface area contributed by atoms with Crippen molar-refractivity contribution in [2.45, 2.75) is 16.2 Å². The first-order chi connectivity index (χ1) is 17.7. The molecule has 4 rings (SSSR count). The van der Waals surface area contributed by atoms with Crippen LogP contribution in [0.25, 0.3) is 5.57 Å². The summed E-state index contributed by atoms with van der Waals surface area (Å²) in [4.78, 5) is -0.417. The molecule has 37 heavy (non-hydrogen) atoms. The van der Waals surface area contributed by atoms with Crippen molar-refractivity contribution in [3.05, 3.63) is 137 Å². The average Bonchev–Trinajstić information content (AvgIpc) is 2.91. The molecule has 0 aliphatic rings. The average molecular weight is 556 g/mol. The Labute approximate surface area is 221 Å². The van der Waals surface area contributed by atoms with Crippen LogP contribution in [0, 0.1) is 0 Å². The first-order valence-electron chi connectivity index (χ1n) is 11.3. The third-order valence-electron chi connectivity index (χ3n) is 5.60. The van der Waals surface area contributed by atoms with Crippen molar-refractivity contribution in [3.8, 4) is 0 Å². The van der Waals surface area contributed by atoms with E-state index in [1.165, 1.54) is 48.5 Å². The number of sulfonamides is 2. The van der Waals surface area contributed by atoms with Gasteiger partial charge in [-0.15, -0.1) is 0 Å². The first-order valence-corrected chi connectivity index (χ1v) is 14.5. The Hall–Kier alpha value is -3.30. The molecule has 4 aromatic rings. The molecule has 0 unspecified atom stereocenters. The zero-order valence-corrected chi connectivity index (χ0v) is 21.9. The second-order valence-corrected chi connectivity index (χ2v) is 12.4. The standard InChI is InChI=1S/C28H23ClFNO4S2/c29-24-18-16-23(17-19-24)28(22-10-4-1-5-11-22)27(30)20-21-31(36(32,33)25-12-6-2-7-13-25)37(34,35)26-14-8-3-9-15-26/h1-19H,20-21H2/b28-27+. The molecule has 0 heterocycles. The van der Waals surface area contributed by atoms with Gasteiger partial charge in [-0.05, 0) is 47.5 Å². The fraction of sp³-hybridized carbons (Fsp3) is 0.0714. The lowest BCUT2D eigenvalue weighted by Crippen LogP contribution is -2.37. The van der Waals surface area contributed by atoms with Crippen LogP contribution < -0.4 is 0 Å². The molecule has 0 aliphatic carbocycles. The SMILES string of the molecule is O=S(=O)(c1ccccc1)N(CC/C(F)=C(/c1ccccc1)c1ccc(Cl)cc1)S(=O)(=O)c1ccccc1. The summed E-state index contributed by atoms with van der Waals surface area (Å²) in [5.74, 6) is -0.662. The maximum atomic E-state index is 15.9. The van der Waals surface area contributed by atoms with Crippen molar-refractivity contribution in [2.24, 2.45) is 0 Å². The third-order valence-corrected chi connectivity index (χ3v) is 10.2. The fourth-order valence-electron chi connectivity index (χ4n) is 3.81. The predicted molar refractivity (Wildman–Crippen MR) is 144 cm³/mol. The molecular weight excluding hydrogens is 533 g/mol. The predicted octanol–water partition coefficient (Wildman–Crippen LogP) is 6.54. The van der Waals surface area contributed by atoms with E-state index in [0.717, 1.165) is 0 Å². The molecule has 0 saturated carbocycles. The van der Waals surface area contributed by atoms with Gasteiger partial charge in [0.2, 0.25) is 0 Å². The Morgan fingerprint density at radius 1 is 0.622 bits per heavy atom. The van der Waals surface area contributed by atoms with Crippen molar-refractivity contribution in [3.63, 3.8) is 0 Å². The van der Waals surface area contributed by atoms with E-state index >= 15 is 4.39 Å². The zero-order chi connectivity index (χ0) is 26.5. The second kappa shape index (κ2) is 11.4. The molecule has 0 bridgehead atoms. The van der Waals surface area contributed by atoms with Gasteiger partial charge in [0.15, 0.2) is 0 Å². The highest BCUT2D eigenvalue weighted by molar-refractivity contribution is 8.04. The number of hydrogen-bond acceptors (Lipinski definition) is 4. The molecule has 0 radical (unpaired) electrons. The second-order valence-electron chi connectivity index (χ2n) is 8.04. The van der Waals surface area contributed by atoms with Crippen LogP contribution >= 0.6 is 11.6 Å². The normalized spacial score (nSPS) is 12.8. The lowest BCUT2D eigenvalue weighted by atomic mass is 9.96. The Morgan fingerprint density at radius 3 is 1.49 bits per heavy atom. The van der Waals surface area contributed by atoms with Crippen molar-refractivity contribution in [2.75, 3.05) is 6.54 Å². The molecule has 0 spiro atoms. The summed E-state index contributed by atoms with van der Waals surface area (Å²) in [5, 5.41) is 0.477. The Bertz CT molecular complexity index is 1520. The molecule has 0 aromatic heterocycles. The molecular formula is C28H23ClFNO4S2. The maximum Gasteiger partial charge on any atom is 0.256 e. The summed E-state index contributed by atoms with van der Waals surface area (Å²) in [7, 11) is -9.05. The molecule has 4 aromatic carbocycles. The lowest BCUT2D eigenvalue weighted by Gasteiger charge is -2.22. The highest BCUT2D eigenvalue weighted by Gasteiger charge is 2.36. The fourth-order valence-corrected chi connectivity index (χ4v) is 7.62. The topological polar surface area (TPSA) is 71.5 Å². The Kier molecular flexibility index (Phi) is 8.24. The molecule has 0 aliphatic heterocycles. The summed E-state index contributed by atoms with van der Waals surface area (Å²) in [5.41, 5.74) is 1.31. The van der Waals surface area contributed by atoms with Gasteiger partial charge in [0.05, 0.1) is 9.79 Å². The molecule has 0 amide bonds. The number of rotatable bonds is 9. The summed E-state index contributed by atoms with van der Waals surface area (Å²) < 4.78 is 70.3. The van der Waals surface area contributed by atoms with Crippen LogP contribution in [0.3, 0.4) is 0 Å². The van der Waals surface area contributed by atoms with Crippen molar-refractivity contribution in [1.29, 1.82) is 0 Å². The third kappa shape index (κ3) is 5.99. The van der Waals surface area contributed by atoms with Gasteiger partial charge in [-0.2, -0.15) is 0 Å². The highest BCUT2D eigenvalue weighted by atomic mass is 35.5. The smallest absolute Gasteiger partial charge is 0.211 e. The molecule has 5 nitrogen and oxygen atoms in total. The quantitative estimate of drug-likeness (QED) is 0.235. The Morgan fingerprint density at radius 2 is 1.03 bits per heavy atom. The van der Waals surface area contributed by atoms with Gasteiger partial charge in [-0.1, -0.05) is 94.2 Å². The first kappa shape index (κ1) is 26.8. The van der Waals surface area contributed by atoms with Gasteiger partial charge in [0, 0.05) is 23.6 Å². The minimum absolute atomic E-state index is 0.208. The minimum Gasteiger partial charge on any atom is -0.211 e. The van der Waals surface area contributed by atoms with E-state index in [1.807, 2.05) is 0 Å². The van der Waals surface area contributed by atoms with E-state index in [2.05, 4.69) is 0 Å². The highest BCUT2D eigenvalue weighted by Crippen LogP contribution is 2.32. The number of nitrogens with zero attached hydrogens (tertiary/aromatic N) is 1. The van der Waals surface area contributed by atoms with Gasteiger partial charge in [-0.25, -0.2) is 21.2 Å². The number of benzene rings is 4. The van der Waals surface area contributed by atoms with Crippen LogP contribution in [0.4, 0.5) is 4.39 Å². The van der Waals surface area contributed by atoms with E-state index in [-0.39, 0.29) is 15.4 Å². The number of halogens is 2. The molecule has 0 atom stereocenters. The largest absolute Gasteiger partial charge is 0.256 e. The van der Waals surface area contributed by atoms with Crippen molar-refractivity contribution in [1.82, 2.24) is 3.71 Å². The van der Waals surface area contributed by atoms with Gasteiger partial charge in [0.1, 0.15) is 5.83 Å². The van der Waals surface area contributed by atoms with E-state index in [4.69, 9.17) is 11.6 Å². The maximum absolute atomic E-state index is 15.9. The van der Waals surface area contributed by atoms with Crippen molar-refractivity contribution >= 4 is 37.2 Å². The van der Waals surface area contributed by atoms with E-state index in [0.29, 0.717) is 19.9 Å². The lowest BCUT2D eigenvalue weighted by molar-refractivity contribution is 0.482. The van der Waals surface area contributed by atoms with E-state index < -0.39 is 38.8 Å². The van der Waals surface area contributed by atoms with E-state index in [9.17, 15) is 16.8 Å². The molecule has 0 fully saturated rings. The van der Waals surface area contributed by atoms with Crippen molar-refractivity contribution < 1.29 is 21.2 Å². The van der Waals surface area contributed by atoms with Gasteiger partial charge >= 0.3 is 0 Å². The van der Waals surface area contributed by atoms with Crippen LogP contribution in [0.2, 0.25) is 5.02 Å². The summed E-state index contributed by atoms with van der Waals surface area (Å²) in [6, 6.07) is 29.7. The Balaban J connectivity index is 1.79. The zero-order valence-electron chi connectivity index (χ0n) is 19.5. The molecule has 9 heteroatoms. The van der Waals surface area contributed by atoms with E-state index in [1.54, 1.807) is 66.7 Å². The van der Waals surface area contributed by atoms with Crippen LogP contribution in [0.1, 0.15) is 17.5 Å².